The van der Waals surface area contributed by atoms with Gasteiger partial charge in [0.05, 0.1) is 0 Å². The lowest BCUT2D eigenvalue weighted by Crippen LogP contribution is -2.21. The van der Waals surface area contributed by atoms with Crippen LogP contribution in [0.15, 0.2) is 42.5 Å². The first-order valence-corrected chi connectivity index (χ1v) is 8.37. The molecule has 0 aromatic heterocycles. The molecule has 0 saturated carbocycles. The summed E-state index contributed by atoms with van der Waals surface area (Å²) >= 11 is 0. The summed E-state index contributed by atoms with van der Waals surface area (Å²) in [5.74, 6) is 1.26. The van der Waals surface area contributed by atoms with Gasteiger partial charge in [-0.05, 0) is 35.9 Å². The van der Waals surface area contributed by atoms with Crippen LogP contribution in [0, 0.1) is 0 Å². The van der Waals surface area contributed by atoms with Crippen LogP contribution in [0.5, 0.6) is 11.5 Å². The third-order valence-corrected chi connectivity index (χ3v) is 3.76. The van der Waals surface area contributed by atoms with E-state index in [0.717, 1.165) is 17.1 Å². The minimum atomic E-state index is -0.152. The summed E-state index contributed by atoms with van der Waals surface area (Å²) in [5, 5.41) is 8.74. The molecule has 2 aromatic carbocycles. The first-order chi connectivity index (χ1) is 12.6. The van der Waals surface area contributed by atoms with Gasteiger partial charge in [0.25, 0.3) is 0 Å². The van der Waals surface area contributed by atoms with Crippen molar-refractivity contribution in [2.75, 3.05) is 24.0 Å². The van der Waals surface area contributed by atoms with E-state index < -0.39 is 0 Å². The van der Waals surface area contributed by atoms with Gasteiger partial charge in [-0.2, -0.15) is 0 Å². The van der Waals surface area contributed by atoms with E-state index in [2.05, 4.69) is 16.0 Å². The Kier molecular flexibility index (Phi) is 5.70. The number of carbonyl (C=O) groups excluding carboxylic acids is 2. The Morgan fingerprint density at radius 3 is 2.58 bits per heavy atom. The highest BCUT2D eigenvalue weighted by Gasteiger charge is 2.12. The maximum atomic E-state index is 12.0. The number of rotatable bonds is 7. The van der Waals surface area contributed by atoms with Crippen molar-refractivity contribution in [2.24, 2.45) is 0 Å². The maximum Gasteiger partial charge on any atom is 0.231 e. The highest BCUT2D eigenvalue weighted by molar-refractivity contribution is 5.93. The molecule has 0 spiro atoms. The van der Waals surface area contributed by atoms with Crippen LogP contribution in [0.25, 0.3) is 0 Å². The van der Waals surface area contributed by atoms with Crippen molar-refractivity contribution in [1.82, 2.24) is 5.32 Å². The Morgan fingerprint density at radius 2 is 1.77 bits per heavy atom. The third-order valence-electron chi connectivity index (χ3n) is 3.76. The number of amides is 2. The zero-order chi connectivity index (χ0) is 18.4. The van der Waals surface area contributed by atoms with Crippen molar-refractivity contribution in [1.29, 1.82) is 0 Å². The first kappa shape index (κ1) is 17.8. The smallest absolute Gasteiger partial charge is 0.231 e. The predicted octanol–water partition coefficient (Wildman–Crippen LogP) is 2.49. The fourth-order valence-electron chi connectivity index (χ4n) is 2.59. The fourth-order valence-corrected chi connectivity index (χ4v) is 2.59. The molecule has 2 amide bonds. The van der Waals surface area contributed by atoms with Crippen molar-refractivity contribution in [3.8, 4) is 11.5 Å². The van der Waals surface area contributed by atoms with Gasteiger partial charge in [-0.25, -0.2) is 0 Å². The van der Waals surface area contributed by atoms with Crippen molar-refractivity contribution in [3.63, 3.8) is 0 Å². The Hall–Kier alpha value is -3.06. The Balaban J connectivity index is 1.41. The molecule has 136 valence electrons. The quantitative estimate of drug-likeness (QED) is 0.664. The van der Waals surface area contributed by atoms with E-state index in [1.165, 1.54) is 6.92 Å². The van der Waals surface area contributed by atoms with E-state index in [0.29, 0.717) is 30.9 Å². The molecule has 3 rings (SSSR count). The molecule has 0 atom stereocenters. The van der Waals surface area contributed by atoms with Crippen LogP contribution in [-0.2, 0) is 16.1 Å². The Labute approximate surface area is 151 Å². The molecule has 0 unspecified atom stereocenters. The molecule has 0 aliphatic carbocycles. The van der Waals surface area contributed by atoms with Crippen LogP contribution < -0.4 is 25.4 Å². The van der Waals surface area contributed by atoms with Crippen LogP contribution in [-0.4, -0.2) is 25.2 Å². The third kappa shape index (κ3) is 4.97. The topological polar surface area (TPSA) is 88.7 Å². The van der Waals surface area contributed by atoms with Gasteiger partial charge >= 0.3 is 0 Å². The number of fused-ring (bicyclic) bond motifs is 1. The largest absolute Gasteiger partial charge is 0.454 e. The Morgan fingerprint density at radius 1 is 1.00 bits per heavy atom. The highest BCUT2D eigenvalue weighted by atomic mass is 16.7. The summed E-state index contributed by atoms with van der Waals surface area (Å²) in [5.41, 5.74) is 2.37. The molecule has 1 heterocycles. The van der Waals surface area contributed by atoms with E-state index in [4.69, 9.17) is 9.47 Å². The average molecular weight is 355 g/mol. The fraction of sp³-hybridized carbons (Fsp3) is 0.263. The summed E-state index contributed by atoms with van der Waals surface area (Å²) in [6.07, 6.45) is 0.342. The lowest BCUT2D eigenvalue weighted by Gasteiger charge is -2.09. The molecule has 0 saturated heterocycles. The van der Waals surface area contributed by atoms with Gasteiger partial charge in [-0.15, -0.1) is 0 Å². The van der Waals surface area contributed by atoms with E-state index >= 15 is 0 Å². The number of carbonyl (C=O) groups is 2. The molecule has 0 bridgehead atoms. The van der Waals surface area contributed by atoms with Gasteiger partial charge in [-0.3, -0.25) is 9.59 Å². The molecule has 3 N–H and O–H groups in total. The molecule has 0 radical (unpaired) electrons. The van der Waals surface area contributed by atoms with Crippen LogP contribution >= 0.6 is 0 Å². The number of hydrogen-bond donors (Lipinski definition) is 3. The van der Waals surface area contributed by atoms with Crippen molar-refractivity contribution in [3.05, 3.63) is 48.0 Å². The lowest BCUT2D eigenvalue weighted by atomic mass is 10.2. The van der Waals surface area contributed by atoms with E-state index in [-0.39, 0.29) is 18.6 Å². The van der Waals surface area contributed by atoms with Crippen LogP contribution in [0.3, 0.4) is 0 Å². The summed E-state index contributed by atoms with van der Waals surface area (Å²) in [6.45, 7) is 2.89. The molecule has 7 heteroatoms. The van der Waals surface area contributed by atoms with E-state index in [9.17, 15) is 9.59 Å². The SMILES string of the molecule is CC(=O)Nc1cccc(NC(=O)CCNCc2ccc3c(c2)OCO3)c1. The molecule has 7 nitrogen and oxygen atoms in total. The minimum absolute atomic E-state index is 0.0943. The molecule has 26 heavy (non-hydrogen) atoms. The average Bonchev–Trinajstić information content (AvgIpc) is 3.06. The van der Waals surface area contributed by atoms with E-state index in [1.807, 2.05) is 18.2 Å². The maximum absolute atomic E-state index is 12.0. The Bertz CT molecular complexity index is 807. The number of ether oxygens (including phenoxy) is 2. The normalized spacial score (nSPS) is 11.9. The number of anilines is 2. The van der Waals surface area contributed by atoms with Gasteiger partial charge < -0.3 is 25.4 Å². The van der Waals surface area contributed by atoms with Crippen molar-refractivity contribution in [2.45, 2.75) is 19.9 Å². The van der Waals surface area contributed by atoms with Gasteiger partial charge in [0.15, 0.2) is 11.5 Å². The highest BCUT2D eigenvalue weighted by Crippen LogP contribution is 2.32. The first-order valence-electron chi connectivity index (χ1n) is 8.37. The predicted molar refractivity (Wildman–Crippen MR) is 98.3 cm³/mol. The molecular formula is C19H21N3O4. The summed E-state index contributed by atoms with van der Waals surface area (Å²) in [7, 11) is 0. The minimum Gasteiger partial charge on any atom is -0.454 e. The van der Waals surface area contributed by atoms with Crippen molar-refractivity contribution < 1.29 is 19.1 Å². The number of nitrogens with one attached hydrogen (secondary N) is 3. The summed E-state index contributed by atoms with van der Waals surface area (Å²) < 4.78 is 10.6. The molecule has 0 fully saturated rings. The molecule has 1 aliphatic rings. The second-order valence-electron chi connectivity index (χ2n) is 5.92. The lowest BCUT2D eigenvalue weighted by molar-refractivity contribution is -0.116. The second kappa shape index (κ2) is 8.35. The standard InChI is InChI=1S/C19H21N3O4/c1-13(23)21-15-3-2-4-16(10-15)22-19(24)7-8-20-11-14-5-6-17-18(9-14)26-12-25-17/h2-6,9-10,20H,7-8,11-12H2,1H3,(H,21,23)(H,22,24). The van der Waals surface area contributed by atoms with E-state index in [1.54, 1.807) is 24.3 Å². The molecular weight excluding hydrogens is 334 g/mol. The zero-order valence-corrected chi connectivity index (χ0v) is 14.5. The molecule has 2 aromatic rings. The van der Waals surface area contributed by atoms with Crippen LogP contribution in [0.4, 0.5) is 11.4 Å². The van der Waals surface area contributed by atoms with Gasteiger partial charge in [0.1, 0.15) is 0 Å². The summed E-state index contributed by atoms with van der Waals surface area (Å²) in [4.78, 5) is 23.1. The molecule has 1 aliphatic heterocycles. The van der Waals surface area contributed by atoms with Crippen LogP contribution in [0.2, 0.25) is 0 Å². The second-order valence-corrected chi connectivity index (χ2v) is 5.92. The monoisotopic (exact) mass is 355 g/mol. The van der Waals surface area contributed by atoms with Gasteiger partial charge in [-0.1, -0.05) is 12.1 Å². The zero-order valence-electron chi connectivity index (χ0n) is 14.5. The van der Waals surface area contributed by atoms with Gasteiger partial charge in [0.2, 0.25) is 18.6 Å². The van der Waals surface area contributed by atoms with Crippen molar-refractivity contribution >= 4 is 23.2 Å². The summed E-state index contributed by atoms with van der Waals surface area (Å²) in [6, 6.07) is 12.8. The number of hydrogen-bond acceptors (Lipinski definition) is 5. The van der Waals surface area contributed by atoms with Crippen LogP contribution in [0.1, 0.15) is 18.9 Å². The van der Waals surface area contributed by atoms with Gasteiger partial charge in [0, 0.05) is 37.8 Å². The number of benzene rings is 2.